The molecule has 1 aromatic heterocycles. The van der Waals surface area contributed by atoms with E-state index in [9.17, 15) is 4.79 Å². The third-order valence-corrected chi connectivity index (χ3v) is 4.24. The molecule has 0 saturated carbocycles. The number of nitrogens with zero attached hydrogens (tertiary/aromatic N) is 2. The lowest BCUT2D eigenvalue weighted by atomic mass is 10.1. The van der Waals surface area contributed by atoms with Crippen LogP contribution in [0, 0.1) is 0 Å². The molecule has 3 aromatic rings. The number of carbonyl (C=O) groups excluding carboxylic acids is 1. The van der Waals surface area contributed by atoms with Gasteiger partial charge in [-0.3, -0.25) is 4.79 Å². The third-order valence-electron chi connectivity index (χ3n) is 3.99. The Kier molecular flexibility index (Phi) is 6.49. The summed E-state index contributed by atoms with van der Waals surface area (Å²) in [5.74, 6) is 1.54. The van der Waals surface area contributed by atoms with Crippen molar-refractivity contribution in [3.63, 3.8) is 0 Å². The van der Waals surface area contributed by atoms with E-state index in [1.165, 1.54) is 0 Å². The molecule has 28 heavy (non-hydrogen) atoms. The number of aromatic nitrogens is 2. The molecule has 1 heterocycles. The van der Waals surface area contributed by atoms with Gasteiger partial charge in [0.2, 0.25) is 5.82 Å². The van der Waals surface area contributed by atoms with Gasteiger partial charge in [0.05, 0.1) is 14.2 Å². The lowest BCUT2D eigenvalue weighted by molar-refractivity contribution is -0.145. The molecule has 0 aliphatic rings. The molecular formula is C20H19ClN2O5. The van der Waals surface area contributed by atoms with E-state index in [1.54, 1.807) is 44.6 Å². The van der Waals surface area contributed by atoms with Crippen LogP contribution in [0.5, 0.6) is 11.5 Å². The molecule has 0 N–H and O–H groups in total. The van der Waals surface area contributed by atoms with Crippen molar-refractivity contribution in [1.29, 1.82) is 0 Å². The van der Waals surface area contributed by atoms with Gasteiger partial charge in [-0.05, 0) is 48.4 Å². The van der Waals surface area contributed by atoms with Crippen LogP contribution in [-0.2, 0) is 22.6 Å². The normalized spacial score (nSPS) is 10.5. The van der Waals surface area contributed by atoms with Crippen LogP contribution in [0.3, 0.4) is 0 Å². The van der Waals surface area contributed by atoms with Crippen molar-refractivity contribution in [2.45, 2.75) is 19.4 Å². The molecule has 3 rings (SSSR count). The van der Waals surface area contributed by atoms with E-state index in [4.69, 9.17) is 30.3 Å². The zero-order valence-electron chi connectivity index (χ0n) is 15.5. The highest BCUT2D eigenvalue weighted by atomic mass is 35.5. The first-order chi connectivity index (χ1) is 13.6. The lowest BCUT2D eigenvalue weighted by Gasteiger charge is -2.09. The summed E-state index contributed by atoms with van der Waals surface area (Å²) in [6.07, 6.45) is 0.729. The smallest absolute Gasteiger partial charge is 0.306 e. The fourth-order valence-corrected chi connectivity index (χ4v) is 2.65. The minimum Gasteiger partial charge on any atom is -0.493 e. The second-order valence-electron chi connectivity index (χ2n) is 5.87. The molecule has 7 nitrogen and oxygen atoms in total. The standard InChI is InChI=1S/C20H19ClN2O5/c1-25-16-9-3-13(11-17(16)26-2)4-10-19(24)27-12-18-22-20(23-28-18)14-5-7-15(21)8-6-14/h3,5-9,11H,4,10,12H2,1-2H3. The van der Waals surface area contributed by atoms with Gasteiger partial charge in [-0.2, -0.15) is 4.98 Å². The molecule has 0 saturated heterocycles. The molecule has 0 unspecified atom stereocenters. The summed E-state index contributed by atoms with van der Waals surface area (Å²) in [4.78, 5) is 16.2. The molecule has 0 radical (unpaired) electrons. The first-order valence-electron chi connectivity index (χ1n) is 8.54. The van der Waals surface area contributed by atoms with Crippen LogP contribution in [0.4, 0.5) is 0 Å². The maximum absolute atomic E-state index is 12.0. The number of ether oxygens (including phenoxy) is 3. The van der Waals surface area contributed by atoms with Crippen molar-refractivity contribution >= 4 is 17.6 Å². The molecule has 0 spiro atoms. The Bertz CT molecular complexity index is 940. The average Bonchev–Trinajstić information content (AvgIpc) is 3.20. The largest absolute Gasteiger partial charge is 0.493 e. The quantitative estimate of drug-likeness (QED) is 0.525. The fraction of sp³-hybridized carbons (Fsp3) is 0.250. The first-order valence-corrected chi connectivity index (χ1v) is 8.92. The van der Waals surface area contributed by atoms with Crippen molar-refractivity contribution in [2.75, 3.05) is 14.2 Å². The number of hydrogen-bond acceptors (Lipinski definition) is 7. The van der Waals surface area contributed by atoms with E-state index in [0.717, 1.165) is 11.1 Å². The van der Waals surface area contributed by atoms with Gasteiger partial charge in [0.25, 0.3) is 5.89 Å². The summed E-state index contributed by atoms with van der Waals surface area (Å²) in [5.41, 5.74) is 1.71. The zero-order valence-corrected chi connectivity index (χ0v) is 16.2. The third kappa shape index (κ3) is 5.01. The Labute approximate surface area is 167 Å². The summed E-state index contributed by atoms with van der Waals surface area (Å²) < 4.78 is 20.8. The van der Waals surface area contributed by atoms with Crippen molar-refractivity contribution in [3.05, 3.63) is 58.9 Å². The van der Waals surface area contributed by atoms with Gasteiger partial charge in [-0.15, -0.1) is 0 Å². The van der Waals surface area contributed by atoms with Crippen molar-refractivity contribution in [1.82, 2.24) is 10.1 Å². The number of methoxy groups -OCH3 is 2. The number of rotatable bonds is 8. The molecule has 0 bridgehead atoms. The molecular weight excluding hydrogens is 384 g/mol. The highest BCUT2D eigenvalue weighted by Crippen LogP contribution is 2.28. The maximum Gasteiger partial charge on any atom is 0.306 e. The van der Waals surface area contributed by atoms with Crippen LogP contribution < -0.4 is 9.47 Å². The maximum atomic E-state index is 12.0. The summed E-state index contributed by atoms with van der Waals surface area (Å²) in [6, 6.07) is 12.6. The van der Waals surface area contributed by atoms with Gasteiger partial charge in [-0.25, -0.2) is 0 Å². The number of benzene rings is 2. The van der Waals surface area contributed by atoms with Crippen molar-refractivity contribution < 1.29 is 23.5 Å². The van der Waals surface area contributed by atoms with E-state index in [2.05, 4.69) is 10.1 Å². The van der Waals surface area contributed by atoms with Gasteiger partial charge in [0, 0.05) is 17.0 Å². The van der Waals surface area contributed by atoms with Crippen molar-refractivity contribution in [2.24, 2.45) is 0 Å². The van der Waals surface area contributed by atoms with Gasteiger partial charge in [0.15, 0.2) is 18.1 Å². The van der Waals surface area contributed by atoms with E-state index in [0.29, 0.717) is 28.8 Å². The zero-order chi connectivity index (χ0) is 19.9. The van der Waals surface area contributed by atoms with Crippen LogP contribution in [0.2, 0.25) is 5.02 Å². The summed E-state index contributed by atoms with van der Waals surface area (Å²) in [6.45, 7) is -0.0780. The average molecular weight is 403 g/mol. The molecule has 0 aliphatic carbocycles. The van der Waals surface area contributed by atoms with Crippen LogP contribution in [0.1, 0.15) is 17.9 Å². The van der Waals surface area contributed by atoms with Gasteiger partial charge in [0.1, 0.15) is 0 Å². The second-order valence-corrected chi connectivity index (χ2v) is 6.31. The monoisotopic (exact) mass is 402 g/mol. The topological polar surface area (TPSA) is 83.7 Å². The minimum atomic E-state index is -0.360. The number of carbonyl (C=O) groups is 1. The highest BCUT2D eigenvalue weighted by Gasteiger charge is 2.12. The van der Waals surface area contributed by atoms with Crippen molar-refractivity contribution in [3.8, 4) is 22.9 Å². The Morgan fingerprint density at radius 2 is 1.82 bits per heavy atom. The first kappa shape index (κ1) is 19.7. The Hall–Kier alpha value is -3.06. The van der Waals surface area contributed by atoms with E-state index < -0.39 is 0 Å². The summed E-state index contributed by atoms with van der Waals surface area (Å²) in [5, 5.41) is 4.50. The summed E-state index contributed by atoms with van der Waals surface area (Å²) >= 11 is 5.86. The van der Waals surface area contributed by atoms with E-state index in [-0.39, 0.29) is 24.9 Å². The van der Waals surface area contributed by atoms with Gasteiger partial charge in [-0.1, -0.05) is 22.8 Å². The molecule has 0 atom stereocenters. The van der Waals surface area contributed by atoms with Crippen LogP contribution in [0.15, 0.2) is 47.0 Å². The molecule has 0 amide bonds. The number of hydrogen-bond donors (Lipinski definition) is 0. The molecule has 8 heteroatoms. The Morgan fingerprint density at radius 3 is 2.54 bits per heavy atom. The minimum absolute atomic E-state index is 0.0780. The second kappa shape index (κ2) is 9.23. The molecule has 0 aliphatic heterocycles. The van der Waals surface area contributed by atoms with Gasteiger partial charge >= 0.3 is 5.97 Å². The number of esters is 1. The molecule has 146 valence electrons. The summed E-state index contributed by atoms with van der Waals surface area (Å²) in [7, 11) is 3.14. The predicted octanol–water partition coefficient (Wildman–Crippen LogP) is 4.08. The van der Waals surface area contributed by atoms with E-state index in [1.807, 2.05) is 12.1 Å². The van der Waals surface area contributed by atoms with Crippen LogP contribution in [-0.4, -0.2) is 30.3 Å². The van der Waals surface area contributed by atoms with Crippen LogP contribution >= 0.6 is 11.6 Å². The molecule has 2 aromatic carbocycles. The SMILES string of the molecule is COc1ccc(CCC(=O)OCc2nc(-c3ccc(Cl)cc3)no2)cc1OC. The Morgan fingerprint density at radius 1 is 1.07 bits per heavy atom. The lowest BCUT2D eigenvalue weighted by Crippen LogP contribution is -2.06. The van der Waals surface area contributed by atoms with Gasteiger partial charge < -0.3 is 18.7 Å². The van der Waals surface area contributed by atoms with Crippen LogP contribution in [0.25, 0.3) is 11.4 Å². The highest BCUT2D eigenvalue weighted by molar-refractivity contribution is 6.30. The predicted molar refractivity (Wildman–Crippen MR) is 102 cm³/mol. The molecule has 0 fully saturated rings. The Balaban J connectivity index is 1.50. The number of aryl methyl sites for hydroxylation is 1. The number of halogens is 1. The fourth-order valence-electron chi connectivity index (χ4n) is 2.53. The van der Waals surface area contributed by atoms with E-state index >= 15 is 0 Å².